The Bertz CT molecular complexity index is 377. The van der Waals surface area contributed by atoms with Gasteiger partial charge in [-0.3, -0.25) is 9.69 Å². The van der Waals surface area contributed by atoms with E-state index in [1.165, 1.54) is 6.07 Å². The Morgan fingerprint density at radius 2 is 1.87 bits per heavy atom. The number of ketones is 1. The second-order valence-electron chi connectivity index (χ2n) is 3.63. The van der Waals surface area contributed by atoms with Crippen molar-refractivity contribution in [1.29, 1.82) is 0 Å². The van der Waals surface area contributed by atoms with Crippen LogP contribution in [0.25, 0.3) is 0 Å². The summed E-state index contributed by atoms with van der Waals surface area (Å²) in [5.41, 5.74) is 0.190. The van der Waals surface area contributed by atoms with Crippen LogP contribution in [0, 0.1) is 11.6 Å². The van der Waals surface area contributed by atoms with Gasteiger partial charge in [-0.2, -0.15) is 0 Å². The molecular weight excluding hydrogens is 200 g/mol. The summed E-state index contributed by atoms with van der Waals surface area (Å²) >= 11 is 0. The summed E-state index contributed by atoms with van der Waals surface area (Å²) < 4.78 is 25.5. The molecule has 0 radical (unpaired) electrons. The van der Waals surface area contributed by atoms with E-state index in [9.17, 15) is 13.6 Å². The highest BCUT2D eigenvalue weighted by molar-refractivity contribution is 5.99. The largest absolute Gasteiger partial charge is 0.300 e. The standard InChI is InChI=1S/C11H13F2NO/c1-7(14(2)3)11(15)8-4-5-9(12)10(13)6-8/h4-7H,1-3H3. The molecule has 0 aromatic heterocycles. The fraction of sp³-hybridized carbons (Fsp3) is 0.364. The Kier molecular flexibility index (Phi) is 3.52. The molecule has 1 atom stereocenters. The van der Waals surface area contributed by atoms with Crippen molar-refractivity contribution in [3.05, 3.63) is 35.4 Å². The first-order chi connectivity index (χ1) is 6.93. The summed E-state index contributed by atoms with van der Waals surface area (Å²) in [5, 5.41) is 0. The molecule has 0 heterocycles. The molecule has 1 aromatic carbocycles. The highest BCUT2D eigenvalue weighted by atomic mass is 19.2. The van der Waals surface area contributed by atoms with Crippen LogP contribution in [0.15, 0.2) is 18.2 Å². The van der Waals surface area contributed by atoms with Crippen LogP contribution in [0.1, 0.15) is 17.3 Å². The van der Waals surface area contributed by atoms with Crippen LogP contribution in [0.3, 0.4) is 0 Å². The molecule has 0 aliphatic rings. The van der Waals surface area contributed by atoms with E-state index in [1.807, 2.05) is 0 Å². The second kappa shape index (κ2) is 4.49. The van der Waals surface area contributed by atoms with Crippen molar-refractivity contribution < 1.29 is 13.6 Å². The summed E-state index contributed by atoms with van der Waals surface area (Å²) in [6.45, 7) is 1.71. The third kappa shape index (κ3) is 2.59. The molecule has 1 rings (SSSR count). The lowest BCUT2D eigenvalue weighted by molar-refractivity contribution is 0.0890. The average Bonchev–Trinajstić information content (AvgIpc) is 2.19. The fourth-order valence-corrected chi connectivity index (χ4v) is 1.13. The predicted octanol–water partition coefficient (Wildman–Crippen LogP) is 2.10. The Balaban J connectivity index is 2.97. The van der Waals surface area contributed by atoms with E-state index in [4.69, 9.17) is 0 Å². The van der Waals surface area contributed by atoms with E-state index in [1.54, 1.807) is 25.9 Å². The molecule has 82 valence electrons. The minimum atomic E-state index is -0.994. The van der Waals surface area contributed by atoms with Crippen LogP contribution in [-0.2, 0) is 0 Å². The maximum atomic E-state index is 12.9. The van der Waals surface area contributed by atoms with Crippen molar-refractivity contribution in [2.75, 3.05) is 14.1 Å². The first-order valence-corrected chi connectivity index (χ1v) is 4.59. The number of carbonyl (C=O) groups excluding carboxylic acids is 1. The molecule has 0 spiro atoms. The number of likely N-dealkylation sites (N-methyl/N-ethyl adjacent to an activating group) is 1. The Hall–Kier alpha value is -1.29. The van der Waals surface area contributed by atoms with Gasteiger partial charge in [-0.1, -0.05) is 0 Å². The van der Waals surface area contributed by atoms with E-state index >= 15 is 0 Å². The van der Waals surface area contributed by atoms with Crippen LogP contribution < -0.4 is 0 Å². The minimum absolute atomic E-state index is 0.190. The summed E-state index contributed by atoms with van der Waals surface area (Å²) in [5.74, 6) is -2.16. The van der Waals surface area contributed by atoms with Crippen LogP contribution in [0.4, 0.5) is 8.78 Å². The number of hydrogen-bond acceptors (Lipinski definition) is 2. The molecule has 15 heavy (non-hydrogen) atoms. The second-order valence-corrected chi connectivity index (χ2v) is 3.63. The molecule has 0 N–H and O–H groups in total. The van der Waals surface area contributed by atoms with Gasteiger partial charge in [-0.15, -0.1) is 0 Å². The molecule has 4 heteroatoms. The van der Waals surface area contributed by atoms with E-state index in [0.29, 0.717) is 0 Å². The molecule has 0 aliphatic carbocycles. The third-order valence-corrected chi connectivity index (χ3v) is 2.36. The smallest absolute Gasteiger partial charge is 0.179 e. The lowest BCUT2D eigenvalue weighted by Gasteiger charge is -2.18. The monoisotopic (exact) mass is 213 g/mol. The topological polar surface area (TPSA) is 20.3 Å². The molecule has 0 aliphatic heterocycles. The van der Waals surface area contributed by atoms with Crippen LogP contribution in [-0.4, -0.2) is 30.8 Å². The predicted molar refractivity (Wildman–Crippen MR) is 53.8 cm³/mol. The molecule has 0 saturated heterocycles. The Morgan fingerprint density at radius 1 is 1.27 bits per heavy atom. The lowest BCUT2D eigenvalue weighted by Crippen LogP contribution is -2.32. The van der Waals surface area contributed by atoms with Gasteiger partial charge < -0.3 is 0 Å². The number of Topliss-reactive ketones (excluding diaryl/α,β-unsaturated/α-hetero) is 1. The molecular formula is C11H13F2NO. The highest BCUT2D eigenvalue weighted by Gasteiger charge is 2.18. The normalized spacial score (nSPS) is 12.9. The van der Waals surface area contributed by atoms with Gasteiger partial charge in [0.2, 0.25) is 0 Å². The molecule has 0 bridgehead atoms. The summed E-state index contributed by atoms with van der Waals surface area (Å²) in [7, 11) is 3.50. The van der Waals surface area contributed by atoms with Crippen molar-refractivity contribution >= 4 is 5.78 Å². The van der Waals surface area contributed by atoms with E-state index in [0.717, 1.165) is 12.1 Å². The van der Waals surface area contributed by atoms with Gasteiger partial charge in [0, 0.05) is 5.56 Å². The zero-order chi connectivity index (χ0) is 11.6. The molecule has 0 saturated carbocycles. The number of nitrogens with zero attached hydrogens (tertiary/aromatic N) is 1. The van der Waals surface area contributed by atoms with Crippen molar-refractivity contribution in [2.45, 2.75) is 13.0 Å². The van der Waals surface area contributed by atoms with Gasteiger partial charge in [0.05, 0.1) is 6.04 Å². The van der Waals surface area contributed by atoms with Gasteiger partial charge in [-0.25, -0.2) is 8.78 Å². The van der Waals surface area contributed by atoms with E-state index < -0.39 is 11.6 Å². The van der Waals surface area contributed by atoms with Crippen LogP contribution in [0.5, 0.6) is 0 Å². The maximum absolute atomic E-state index is 12.9. The number of hydrogen-bond donors (Lipinski definition) is 0. The van der Waals surface area contributed by atoms with E-state index in [2.05, 4.69) is 0 Å². The quantitative estimate of drug-likeness (QED) is 0.716. The SMILES string of the molecule is CC(C(=O)c1ccc(F)c(F)c1)N(C)C. The third-order valence-electron chi connectivity index (χ3n) is 2.36. The fourth-order valence-electron chi connectivity index (χ4n) is 1.13. The average molecular weight is 213 g/mol. The number of carbonyl (C=O) groups is 1. The zero-order valence-electron chi connectivity index (χ0n) is 8.92. The van der Waals surface area contributed by atoms with Crippen molar-refractivity contribution in [1.82, 2.24) is 4.90 Å². The highest BCUT2D eigenvalue weighted by Crippen LogP contribution is 2.11. The molecule has 1 aromatic rings. The van der Waals surface area contributed by atoms with Crippen molar-refractivity contribution in [2.24, 2.45) is 0 Å². The van der Waals surface area contributed by atoms with Crippen LogP contribution in [0.2, 0.25) is 0 Å². The van der Waals surface area contributed by atoms with Gasteiger partial charge in [-0.05, 0) is 39.2 Å². The molecule has 0 amide bonds. The number of halogens is 2. The lowest BCUT2D eigenvalue weighted by atomic mass is 10.0. The summed E-state index contributed by atoms with van der Waals surface area (Å²) in [6, 6.07) is 2.83. The molecule has 0 fully saturated rings. The minimum Gasteiger partial charge on any atom is -0.300 e. The summed E-state index contributed by atoms with van der Waals surface area (Å²) in [4.78, 5) is 13.4. The van der Waals surface area contributed by atoms with Gasteiger partial charge in [0.15, 0.2) is 17.4 Å². The Morgan fingerprint density at radius 3 is 2.33 bits per heavy atom. The van der Waals surface area contributed by atoms with E-state index in [-0.39, 0.29) is 17.4 Å². The number of rotatable bonds is 3. The Labute approximate surface area is 87.5 Å². The first-order valence-electron chi connectivity index (χ1n) is 4.59. The first kappa shape index (κ1) is 11.8. The molecule has 1 unspecified atom stereocenters. The van der Waals surface area contributed by atoms with Crippen LogP contribution >= 0.6 is 0 Å². The maximum Gasteiger partial charge on any atom is 0.179 e. The van der Waals surface area contributed by atoms with Gasteiger partial charge in [0.1, 0.15) is 0 Å². The van der Waals surface area contributed by atoms with Crippen molar-refractivity contribution in [3.63, 3.8) is 0 Å². The summed E-state index contributed by atoms with van der Waals surface area (Å²) in [6.07, 6.45) is 0. The van der Waals surface area contributed by atoms with Gasteiger partial charge in [0.25, 0.3) is 0 Å². The molecule has 2 nitrogen and oxygen atoms in total. The zero-order valence-corrected chi connectivity index (χ0v) is 8.92. The number of benzene rings is 1. The van der Waals surface area contributed by atoms with Gasteiger partial charge >= 0.3 is 0 Å². The van der Waals surface area contributed by atoms with Crippen molar-refractivity contribution in [3.8, 4) is 0 Å².